The molecule has 2 aromatic rings. The smallest absolute Gasteiger partial charge is 0.310 e. The van der Waals surface area contributed by atoms with E-state index in [-0.39, 0.29) is 36.3 Å². The minimum Gasteiger partial charge on any atom is -0.427 e. The summed E-state index contributed by atoms with van der Waals surface area (Å²) in [5, 5.41) is 0. The molecule has 28 heavy (non-hydrogen) atoms. The highest BCUT2D eigenvalue weighted by atomic mass is 16.5. The van der Waals surface area contributed by atoms with Crippen LogP contribution in [0.4, 0.5) is 0 Å². The van der Waals surface area contributed by atoms with E-state index in [0.717, 1.165) is 17.5 Å². The fourth-order valence-electron chi connectivity index (χ4n) is 2.75. The molecule has 0 saturated carbocycles. The summed E-state index contributed by atoms with van der Waals surface area (Å²) < 4.78 is 10.7. The van der Waals surface area contributed by atoms with Gasteiger partial charge in [-0.2, -0.15) is 0 Å². The third kappa shape index (κ3) is 5.06. The van der Waals surface area contributed by atoms with Crippen LogP contribution in [-0.4, -0.2) is 17.7 Å². The molecule has 0 aliphatic heterocycles. The van der Waals surface area contributed by atoms with Gasteiger partial charge >= 0.3 is 11.9 Å². The molecule has 0 aliphatic carbocycles. The highest BCUT2D eigenvalue weighted by Crippen LogP contribution is 2.28. The van der Waals surface area contributed by atoms with Crippen LogP contribution in [0.25, 0.3) is 0 Å². The molecule has 5 heteroatoms. The zero-order valence-corrected chi connectivity index (χ0v) is 16.8. The van der Waals surface area contributed by atoms with Crippen LogP contribution in [0, 0.1) is 0 Å². The molecule has 148 valence electrons. The molecule has 0 spiro atoms. The Balaban J connectivity index is 2.44. The predicted octanol–water partition coefficient (Wildman–Crippen LogP) is 4.67. The average molecular weight is 382 g/mol. The van der Waals surface area contributed by atoms with Crippen molar-refractivity contribution in [3.63, 3.8) is 0 Å². The Kier molecular flexibility index (Phi) is 7.50. The van der Waals surface area contributed by atoms with E-state index in [2.05, 4.69) is 0 Å². The number of esters is 2. The van der Waals surface area contributed by atoms with Crippen molar-refractivity contribution in [1.29, 1.82) is 0 Å². The molecule has 5 nitrogen and oxygen atoms in total. The molecule has 0 N–H and O–H groups in total. The third-order valence-corrected chi connectivity index (χ3v) is 4.43. The second-order valence-corrected chi connectivity index (χ2v) is 6.34. The van der Waals surface area contributed by atoms with Gasteiger partial charge in [0.25, 0.3) is 0 Å². The molecule has 0 bridgehead atoms. The molecular formula is C23H26O5. The summed E-state index contributed by atoms with van der Waals surface area (Å²) in [6.45, 7) is 7.35. The van der Waals surface area contributed by atoms with Crippen LogP contribution in [0.1, 0.15) is 67.6 Å². The molecule has 0 unspecified atom stereocenters. The fourth-order valence-corrected chi connectivity index (χ4v) is 2.75. The van der Waals surface area contributed by atoms with Crippen molar-refractivity contribution in [3.05, 3.63) is 58.7 Å². The van der Waals surface area contributed by atoms with Crippen molar-refractivity contribution in [2.45, 2.75) is 53.4 Å². The number of rotatable bonds is 8. The van der Waals surface area contributed by atoms with Crippen LogP contribution >= 0.6 is 0 Å². The van der Waals surface area contributed by atoms with Gasteiger partial charge < -0.3 is 9.47 Å². The minimum atomic E-state index is -0.389. The van der Waals surface area contributed by atoms with Gasteiger partial charge in [-0.25, -0.2) is 0 Å². The van der Waals surface area contributed by atoms with Crippen LogP contribution in [0.15, 0.2) is 36.4 Å². The minimum absolute atomic E-state index is 0.224. The molecule has 2 aromatic carbocycles. The monoisotopic (exact) mass is 382 g/mol. The average Bonchev–Trinajstić information content (AvgIpc) is 2.72. The number of ketones is 1. The Labute approximate surface area is 165 Å². The van der Waals surface area contributed by atoms with E-state index in [1.807, 2.05) is 19.9 Å². The van der Waals surface area contributed by atoms with Crippen LogP contribution in [0.3, 0.4) is 0 Å². The van der Waals surface area contributed by atoms with Crippen molar-refractivity contribution in [1.82, 2.24) is 0 Å². The third-order valence-electron chi connectivity index (χ3n) is 4.43. The highest BCUT2D eigenvalue weighted by Gasteiger charge is 2.20. The maximum atomic E-state index is 13.2. The van der Waals surface area contributed by atoms with E-state index >= 15 is 0 Å². The summed E-state index contributed by atoms with van der Waals surface area (Å²) in [6, 6.07) is 10.3. The lowest BCUT2D eigenvalue weighted by atomic mass is 9.95. The van der Waals surface area contributed by atoms with E-state index in [1.165, 1.54) is 0 Å². The van der Waals surface area contributed by atoms with Gasteiger partial charge in [-0.05, 0) is 54.3 Å². The molecule has 0 saturated heterocycles. The van der Waals surface area contributed by atoms with Crippen molar-refractivity contribution in [3.8, 4) is 11.5 Å². The standard InChI is InChI=1S/C23H26O5/c1-5-15-9-11-19(20(13-15)28-22(25)8-4)23(26)18-12-10-17(14-16(18)6-2)27-21(24)7-3/h9-14H,5-8H2,1-4H3. The molecule has 0 amide bonds. The lowest BCUT2D eigenvalue weighted by molar-refractivity contribution is -0.134. The van der Waals surface area contributed by atoms with Gasteiger partial charge in [-0.3, -0.25) is 14.4 Å². The van der Waals surface area contributed by atoms with Gasteiger partial charge in [-0.15, -0.1) is 0 Å². The second-order valence-electron chi connectivity index (χ2n) is 6.34. The maximum Gasteiger partial charge on any atom is 0.310 e. The van der Waals surface area contributed by atoms with Crippen LogP contribution < -0.4 is 9.47 Å². The summed E-state index contributed by atoms with van der Waals surface area (Å²) in [7, 11) is 0. The molecule has 0 aliphatic rings. The summed E-state index contributed by atoms with van der Waals surface area (Å²) in [4.78, 5) is 36.5. The fraction of sp³-hybridized carbons (Fsp3) is 0.348. The van der Waals surface area contributed by atoms with Crippen molar-refractivity contribution >= 4 is 17.7 Å². The zero-order valence-electron chi connectivity index (χ0n) is 16.8. The van der Waals surface area contributed by atoms with E-state index in [4.69, 9.17) is 9.47 Å². The number of carbonyl (C=O) groups is 3. The van der Waals surface area contributed by atoms with Crippen LogP contribution in [-0.2, 0) is 22.4 Å². The summed E-state index contributed by atoms with van der Waals surface area (Å²) in [5.74, 6) is -0.254. The van der Waals surface area contributed by atoms with Crippen molar-refractivity contribution < 1.29 is 23.9 Å². The lowest BCUT2D eigenvalue weighted by Crippen LogP contribution is -2.13. The summed E-state index contributed by atoms with van der Waals surface area (Å²) in [6.07, 6.45) is 1.86. The molecule has 0 atom stereocenters. The number of benzene rings is 2. The highest BCUT2D eigenvalue weighted by molar-refractivity contribution is 6.12. The number of carbonyl (C=O) groups excluding carboxylic acids is 3. The van der Waals surface area contributed by atoms with Gasteiger partial charge in [0.1, 0.15) is 11.5 Å². The molecule has 2 rings (SSSR count). The number of ether oxygens (including phenoxy) is 2. The molecule has 0 aromatic heterocycles. The largest absolute Gasteiger partial charge is 0.427 e. The van der Waals surface area contributed by atoms with Gasteiger partial charge in [0, 0.05) is 18.4 Å². The molecule has 0 radical (unpaired) electrons. The normalized spacial score (nSPS) is 10.4. The van der Waals surface area contributed by atoms with Gasteiger partial charge in [0.05, 0.1) is 5.56 Å². The first-order valence-corrected chi connectivity index (χ1v) is 9.65. The Morgan fingerprint density at radius 1 is 0.750 bits per heavy atom. The zero-order chi connectivity index (χ0) is 20.7. The van der Waals surface area contributed by atoms with E-state index < -0.39 is 0 Å². The SMILES string of the molecule is CCC(=O)Oc1ccc(C(=O)c2ccc(CC)cc2OC(=O)CC)c(CC)c1. The molecule has 0 fully saturated rings. The predicted molar refractivity (Wildman–Crippen MR) is 107 cm³/mol. The first-order valence-electron chi connectivity index (χ1n) is 9.65. The van der Waals surface area contributed by atoms with Crippen LogP contribution in [0.5, 0.6) is 11.5 Å². The van der Waals surface area contributed by atoms with Crippen LogP contribution in [0.2, 0.25) is 0 Å². The topological polar surface area (TPSA) is 69.7 Å². The molecular weight excluding hydrogens is 356 g/mol. The Morgan fingerprint density at radius 2 is 1.39 bits per heavy atom. The number of aryl methyl sites for hydroxylation is 2. The first kappa shape index (κ1) is 21.4. The quantitative estimate of drug-likeness (QED) is 0.377. The first-order chi connectivity index (χ1) is 13.4. The number of hydrogen-bond donors (Lipinski definition) is 0. The summed E-state index contributed by atoms with van der Waals surface area (Å²) in [5.41, 5.74) is 2.58. The van der Waals surface area contributed by atoms with Crippen molar-refractivity contribution in [2.24, 2.45) is 0 Å². The van der Waals surface area contributed by atoms with Gasteiger partial charge in [-0.1, -0.05) is 33.8 Å². The maximum absolute atomic E-state index is 13.2. The second kappa shape index (κ2) is 9.83. The summed E-state index contributed by atoms with van der Waals surface area (Å²) >= 11 is 0. The van der Waals surface area contributed by atoms with Crippen molar-refractivity contribution in [2.75, 3.05) is 0 Å². The lowest BCUT2D eigenvalue weighted by Gasteiger charge is -2.13. The Morgan fingerprint density at radius 3 is 2.00 bits per heavy atom. The van der Waals surface area contributed by atoms with Gasteiger partial charge in [0.15, 0.2) is 5.78 Å². The van der Waals surface area contributed by atoms with E-state index in [9.17, 15) is 14.4 Å². The van der Waals surface area contributed by atoms with E-state index in [0.29, 0.717) is 23.3 Å². The Bertz CT molecular complexity index is 883. The Hall–Kier alpha value is -2.95. The number of hydrogen-bond acceptors (Lipinski definition) is 5. The van der Waals surface area contributed by atoms with E-state index in [1.54, 1.807) is 44.2 Å². The van der Waals surface area contributed by atoms with Gasteiger partial charge in [0.2, 0.25) is 0 Å². The molecule has 0 heterocycles.